The standard InChI is InChI=1S/C8H14F3NO/c1-6(2)3-12-4-7(13,5-12)8(9,10)11/h6,13H,3-5H2,1-2H3. The number of hydrogen-bond acceptors (Lipinski definition) is 2. The van der Waals surface area contributed by atoms with Gasteiger partial charge >= 0.3 is 6.18 Å². The largest absolute Gasteiger partial charge is 0.419 e. The summed E-state index contributed by atoms with van der Waals surface area (Å²) in [7, 11) is 0. The first-order chi connectivity index (χ1) is 5.74. The lowest BCUT2D eigenvalue weighted by Gasteiger charge is -2.47. The van der Waals surface area contributed by atoms with Gasteiger partial charge in [0.05, 0.1) is 0 Å². The molecule has 0 bridgehead atoms. The van der Waals surface area contributed by atoms with Gasteiger partial charge in [0.15, 0.2) is 5.60 Å². The van der Waals surface area contributed by atoms with Gasteiger partial charge in [-0.15, -0.1) is 0 Å². The van der Waals surface area contributed by atoms with E-state index in [9.17, 15) is 13.2 Å². The van der Waals surface area contributed by atoms with Crippen LogP contribution in [0.15, 0.2) is 0 Å². The van der Waals surface area contributed by atoms with Crippen LogP contribution in [0.2, 0.25) is 0 Å². The summed E-state index contributed by atoms with van der Waals surface area (Å²) in [4.78, 5) is 1.61. The van der Waals surface area contributed by atoms with E-state index in [2.05, 4.69) is 0 Å². The lowest BCUT2D eigenvalue weighted by atomic mass is 9.92. The maximum atomic E-state index is 12.1. The minimum atomic E-state index is -4.49. The second-order valence-electron chi connectivity index (χ2n) is 4.09. The first-order valence-corrected chi connectivity index (χ1v) is 4.26. The number of nitrogens with zero attached hydrogens (tertiary/aromatic N) is 1. The van der Waals surface area contributed by atoms with Crippen LogP contribution in [0.4, 0.5) is 13.2 Å². The minimum Gasteiger partial charge on any atom is -0.378 e. The van der Waals surface area contributed by atoms with Gasteiger partial charge in [-0.25, -0.2) is 0 Å². The number of halogens is 3. The molecule has 1 aliphatic rings. The van der Waals surface area contributed by atoms with Gasteiger partial charge < -0.3 is 5.11 Å². The molecule has 5 heteroatoms. The van der Waals surface area contributed by atoms with E-state index in [4.69, 9.17) is 5.11 Å². The molecule has 0 radical (unpaired) electrons. The summed E-state index contributed by atoms with van der Waals surface area (Å²) in [5.74, 6) is 0.331. The van der Waals surface area contributed by atoms with Crippen LogP contribution < -0.4 is 0 Å². The summed E-state index contributed by atoms with van der Waals surface area (Å²) in [6.45, 7) is 3.91. The molecule has 1 fully saturated rings. The van der Waals surface area contributed by atoms with Crippen molar-refractivity contribution in [1.82, 2.24) is 4.90 Å². The molecule has 0 atom stereocenters. The topological polar surface area (TPSA) is 23.5 Å². The second-order valence-corrected chi connectivity index (χ2v) is 4.09. The van der Waals surface area contributed by atoms with Crippen LogP contribution in [0.3, 0.4) is 0 Å². The molecule has 0 aromatic heterocycles. The van der Waals surface area contributed by atoms with Crippen LogP contribution in [-0.2, 0) is 0 Å². The Labute approximate surface area is 75.3 Å². The van der Waals surface area contributed by atoms with Crippen molar-refractivity contribution in [3.05, 3.63) is 0 Å². The molecule has 1 N–H and O–H groups in total. The van der Waals surface area contributed by atoms with Crippen LogP contribution >= 0.6 is 0 Å². The normalized spacial score (nSPS) is 23.3. The summed E-state index contributed by atoms with van der Waals surface area (Å²) in [5.41, 5.74) is -2.46. The van der Waals surface area contributed by atoms with Crippen molar-refractivity contribution < 1.29 is 18.3 Å². The summed E-state index contributed by atoms with van der Waals surface area (Å²) < 4.78 is 36.4. The maximum Gasteiger partial charge on any atom is 0.419 e. The number of rotatable bonds is 2. The van der Waals surface area contributed by atoms with E-state index >= 15 is 0 Å². The molecule has 0 aliphatic carbocycles. The van der Waals surface area contributed by atoms with Crippen LogP contribution in [0, 0.1) is 5.92 Å². The first-order valence-electron chi connectivity index (χ1n) is 4.26. The van der Waals surface area contributed by atoms with Crippen LogP contribution in [-0.4, -0.2) is 41.4 Å². The van der Waals surface area contributed by atoms with Crippen LogP contribution in [0.1, 0.15) is 13.8 Å². The number of aliphatic hydroxyl groups is 1. The van der Waals surface area contributed by atoms with Crippen molar-refractivity contribution in [2.24, 2.45) is 5.92 Å². The Balaban J connectivity index is 2.39. The van der Waals surface area contributed by atoms with E-state index in [0.717, 1.165) is 0 Å². The predicted molar refractivity (Wildman–Crippen MR) is 42.3 cm³/mol. The maximum absolute atomic E-state index is 12.1. The molecule has 1 saturated heterocycles. The highest BCUT2D eigenvalue weighted by Crippen LogP contribution is 2.37. The Bertz CT molecular complexity index is 184. The third kappa shape index (κ3) is 2.14. The third-order valence-corrected chi connectivity index (χ3v) is 2.12. The van der Waals surface area contributed by atoms with Gasteiger partial charge in [-0.05, 0) is 5.92 Å². The van der Waals surface area contributed by atoms with E-state index in [1.54, 1.807) is 4.90 Å². The zero-order valence-corrected chi connectivity index (χ0v) is 7.73. The smallest absolute Gasteiger partial charge is 0.378 e. The van der Waals surface area contributed by atoms with Gasteiger partial charge in [0.2, 0.25) is 0 Å². The van der Waals surface area contributed by atoms with E-state index in [-0.39, 0.29) is 13.1 Å². The van der Waals surface area contributed by atoms with E-state index < -0.39 is 11.8 Å². The SMILES string of the molecule is CC(C)CN1CC(O)(C(F)(F)F)C1. The predicted octanol–water partition coefficient (Wildman–Crippen LogP) is 1.25. The van der Waals surface area contributed by atoms with Gasteiger partial charge in [0, 0.05) is 19.6 Å². The molecule has 1 heterocycles. The number of likely N-dealkylation sites (tertiary alicyclic amines) is 1. The molecule has 0 amide bonds. The molecule has 0 saturated carbocycles. The minimum absolute atomic E-state index is 0.283. The van der Waals surface area contributed by atoms with Crippen LogP contribution in [0.5, 0.6) is 0 Å². The molecule has 2 nitrogen and oxygen atoms in total. The molecule has 1 aliphatic heterocycles. The molecular formula is C8H14F3NO. The van der Waals surface area contributed by atoms with Crippen LogP contribution in [0.25, 0.3) is 0 Å². The zero-order chi connectivity index (χ0) is 10.3. The molecule has 13 heavy (non-hydrogen) atoms. The van der Waals surface area contributed by atoms with Gasteiger partial charge in [-0.3, -0.25) is 4.90 Å². The van der Waals surface area contributed by atoms with E-state index in [1.807, 2.05) is 13.8 Å². The quantitative estimate of drug-likeness (QED) is 0.720. The number of β-amino-alcohol motifs (C(OH)–C–C–N with tert-alkyl or cyclic N) is 1. The van der Waals surface area contributed by atoms with Gasteiger partial charge in [0.1, 0.15) is 0 Å². The van der Waals surface area contributed by atoms with Gasteiger partial charge in [-0.2, -0.15) is 13.2 Å². The Morgan fingerprint density at radius 2 is 1.85 bits per heavy atom. The Kier molecular flexibility index (Phi) is 2.60. The zero-order valence-electron chi connectivity index (χ0n) is 7.73. The molecule has 0 spiro atoms. The first kappa shape index (κ1) is 10.8. The highest BCUT2D eigenvalue weighted by atomic mass is 19.4. The highest BCUT2D eigenvalue weighted by molar-refractivity contribution is 5.01. The van der Waals surface area contributed by atoms with E-state index in [1.165, 1.54) is 0 Å². The monoisotopic (exact) mass is 197 g/mol. The Hall–Kier alpha value is -0.290. The van der Waals surface area contributed by atoms with Crippen molar-refractivity contribution in [2.75, 3.05) is 19.6 Å². The fourth-order valence-corrected chi connectivity index (χ4v) is 1.52. The molecule has 1 rings (SSSR count). The lowest BCUT2D eigenvalue weighted by molar-refractivity contribution is -0.302. The summed E-state index contributed by atoms with van der Waals surface area (Å²) in [6.07, 6.45) is -4.49. The summed E-state index contributed by atoms with van der Waals surface area (Å²) in [5, 5.41) is 9.06. The Morgan fingerprint density at radius 1 is 1.38 bits per heavy atom. The molecule has 0 aromatic rings. The van der Waals surface area contributed by atoms with Gasteiger partial charge in [0.25, 0.3) is 0 Å². The van der Waals surface area contributed by atoms with Gasteiger partial charge in [-0.1, -0.05) is 13.8 Å². The Morgan fingerprint density at radius 3 is 2.15 bits per heavy atom. The van der Waals surface area contributed by atoms with Crippen molar-refractivity contribution in [3.8, 4) is 0 Å². The molecule has 78 valence electrons. The summed E-state index contributed by atoms with van der Waals surface area (Å²) >= 11 is 0. The highest BCUT2D eigenvalue weighted by Gasteiger charge is 2.60. The van der Waals surface area contributed by atoms with Crippen molar-refractivity contribution in [1.29, 1.82) is 0 Å². The fourth-order valence-electron chi connectivity index (χ4n) is 1.52. The average Bonchev–Trinajstić information content (AvgIpc) is 1.79. The summed E-state index contributed by atoms with van der Waals surface area (Å²) in [6, 6.07) is 0. The number of hydrogen-bond donors (Lipinski definition) is 1. The van der Waals surface area contributed by atoms with E-state index in [0.29, 0.717) is 12.5 Å². The lowest BCUT2D eigenvalue weighted by Crippen LogP contribution is -2.69. The molecule has 0 unspecified atom stereocenters. The average molecular weight is 197 g/mol. The second kappa shape index (κ2) is 3.13. The fraction of sp³-hybridized carbons (Fsp3) is 1.00. The molecular weight excluding hydrogens is 183 g/mol. The number of alkyl halides is 3. The molecule has 0 aromatic carbocycles. The third-order valence-electron chi connectivity index (χ3n) is 2.12. The van der Waals surface area contributed by atoms with Crippen molar-refractivity contribution in [2.45, 2.75) is 25.6 Å². The van der Waals surface area contributed by atoms with Crippen molar-refractivity contribution >= 4 is 0 Å². The van der Waals surface area contributed by atoms with Crippen molar-refractivity contribution in [3.63, 3.8) is 0 Å².